The SMILES string of the molecule is C=C(C)NC1C(OCCOCCNC(=O)CCCC(=O)NCCCCC(NC(=O)CCCC(=O)NCCOCCOC2OC(CO)C(O)C(O)C2NC(C)=O)C(=O)NC(CCCCNC(=O)CCCC(=O)NCCOCCOC2OC(CO)C(O)C(O)C2NC(C)=O)C(=O)NCCCCCCOC)OC(CO)C(O)C1O. The number of methoxy groups -OCH3 is 1. The summed E-state index contributed by atoms with van der Waals surface area (Å²) in [6.45, 7) is 8.13. The van der Waals surface area contributed by atoms with Gasteiger partial charge in [0.05, 0.1) is 79.3 Å². The highest BCUT2D eigenvalue weighted by atomic mass is 16.7. The van der Waals surface area contributed by atoms with Gasteiger partial charge in [0.25, 0.3) is 0 Å². The number of hydrogen-bond donors (Lipinski definition) is 20. The van der Waals surface area contributed by atoms with Crippen molar-refractivity contribution < 1.29 is 141 Å². The number of aliphatic hydroxyl groups excluding tert-OH is 9. The van der Waals surface area contributed by atoms with E-state index in [9.17, 15) is 93.9 Å². The molecule has 0 spiro atoms. The number of amides is 10. The van der Waals surface area contributed by atoms with E-state index in [1.165, 1.54) is 13.8 Å². The number of nitrogens with one attached hydrogen (secondary N) is 11. The predicted octanol–water partition coefficient (Wildman–Crippen LogP) is -6.37. The van der Waals surface area contributed by atoms with E-state index in [0.29, 0.717) is 51.0 Å². The number of allylic oxidation sites excluding steroid dienone is 1. The van der Waals surface area contributed by atoms with Gasteiger partial charge in [0.15, 0.2) is 18.9 Å². The van der Waals surface area contributed by atoms with Crippen LogP contribution in [-0.2, 0) is 95.3 Å². The van der Waals surface area contributed by atoms with Crippen molar-refractivity contribution in [3.05, 3.63) is 12.3 Å². The zero-order chi connectivity index (χ0) is 81.9. The summed E-state index contributed by atoms with van der Waals surface area (Å²) in [4.78, 5) is 129. The van der Waals surface area contributed by atoms with E-state index in [1.54, 1.807) is 14.0 Å². The third-order valence-corrected chi connectivity index (χ3v) is 17.8. The van der Waals surface area contributed by atoms with Gasteiger partial charge in [0, 0.05) is 111 Å². The Morgan fingerprint density at radius 3 is 1.03 bits per heavy atom. The van der Waals surface area contributed by atoms with E-state index in [0.717, 1.165) is 19.3 Å². The fourth-order valence-corrected chi connectivity index (χ4v) is 11.9. The average molecular weight is 1600 g/mol. The third kappa shape index (κ3) is 41.4. The summed E-state index contributed by atoms with van der Waals surface area (Å²) in [5.41, 5.74) is 0.495. The van der Waals surface area contributed by atoms with Crippen LogP contribution in [0.25, 0.3) is 0 Å². The maximum atomic E-state index is 14.3. The Hall–Kier alpha value is -6.52. The lowest BCUT2D eigenvalue weighted by atomic mass is 9.97. The first-order valence-electron chi connectivity index (χ1n) is 38.4. The van der Waals surface area contributed by atoms with E-state index in [2.05, 4.69) is 65.1 Å². The van der Waals surface area contributed by atoms with Crippen molar-refractivity contribution in [2.45, 2.75) is 247 Å². The standard InChI is InChI=1S/C71H127N11O29/c1-44(2)78-58-64(97)61(94)49(41-83)109-69(58)106-38-35-103-32-28-74-54(90)22-15-20-53(89)73-26-12-9-18-48(81-57(93)24-16-23-56(92)76-30-34-105-37-40-108-71-60(80-46(4)87)66(99)63(96)51(43-85)111-71)68(101)82-47(67(100)77-27-10-6-7-13-31-102-5)17-8-11-25-72-52(88)19-14-21-55(91)75-29-33-104-36-39-107-70-59(79-45(3)86)65(98)62(95)50(42-84)110-70/h47-51,58-66,69-71,78,83-85,94-99H,1,6-43H2,2-5H3,(H,72,88)(H,73,89)(H,74,90)(H,75,91)(H,76,92)(H,77,100)(H,79,86)(H,80,87)(H,81,93)(H,82,101). The van der Waals surface area contributed by atoms with Crippen LogP contribution in [-0.4, -0.2) is 341 Å². The summed E-state index contributed by atoms with van der Waals surface area (Å²) in [5.74, 6) is -4.32. The van der Waals surface area contributed by atoms with Gasteiger partial charge in [-0.25, -0.2) is 0 Å². The predicted molar refractivity (Wildman–Crippen MR) is 392 cm³/mol. The smallest absolute Gasteiger partial charge is 0.243 e. The molecule has 0 aromatic carbocycles. The largest absolute Gasteiger partial charge is 0.394 e. The molecule has 0 aromatic heterocycles. The third-order valence-electron chi connectivity index (χ3n) is 17.8. The highest BCUT2D eigenvalue weighted by Crippen LogP contribution is 2.25. The average Bonchev–Trinajstić information content (AvgIpc) is 0.820. The molecule has 17 unspecified atom stereocenters. The Kier molecular flexibility index (Phi) is 51.9. The molecular weight excluding hydrogens is 1470 g/mol. The summed E-state index contributed by atoms with van der Waals surface area (Å²) >= 11 is 0. The van der Waals surface area contributed by atoms with Gasteiger partial charge in [-0.1, -0.05) is 19.4 Å². The fourth-order valence-electron chi connectivity index (χ4n) is 11.9. The van der Waals surface area contributed by atoms with Gasteiger partial charge < -0.3 is 152 Å². The van der Waals surface area contributed by atoms with Gasteiger partial charge >= 0.3 is 0 Å². The summed E-state index contributed by atoms with van der Waals surface area (Å²) in [5, 5.41) is 121. The maximum absolute atomic E-state index is 14.3. The molecule has 0 aliphatic carbocycles. The quantitative estimate of drug-likeness (QED) is 0.0252. The van der Waals surface area contributed by atoms with Crippen molar-refractivity contribution in [3.8, 4) is 0 Å². The Morgan fingerprint density at radius 1 is 0.351 bits per heavy atom. The van der Waals surface area contributed by atoms with E-state index < -0.39 is 159 Å². The highest BCUT2D eigenvalue weighted by Gasteiger charge is 2.48. The van der Waals surface area contributed by atoms with E-state index in [4.69, 9.17) is 47.4 Å². The van der Waals surface area contributed by atoms with Gasteiger partial charge in [-0.2, -0.15) is 0 Å². The molecule has 111 heavy (non-hydrogen) atoms. The van der Waals surface area contributed by atoms with Crippen LogP contribution in [0.1, 0.15) is 143 Å². The van der Waals surface area contributed by atoms with Crippen molar-refractivity contribution >= 4 is 59.1 Å². The van der Waals surface area contributed by atoms with Crippen LogP contribution in [0.15, 0.2) is 12.3 Å². The first-order valence-corrected chi connectivity index (χ1v) is 38.4. The molecule has 3 fully saturated rings. The molecule has 40 heteroatoms. The molecule has 3 saturated heterocycles. The van der Waals surface area contributed by atoms with E-state index in [1.807, 2.05) is 0 Å². The lowest BCUT2D eigenvalue weighted by Gasteiger charge is -2.42. The number of unbranched alkanes of at least 4 members (excludes halogenated alkanes) is 5. The lowest BCUT2D eigenvalue weighted by Crippen LogP contribution is -2.64. The van der Waals surface area contributed by atoms with Crippen LogP contribution in [0.3, 0.4) is 0 Å². The number of ether oxygens (including phenoxy) is 10. The molecule has 0 radical (unpaired) electrons. The molecule has 17 atom stereocenters. The molecule has 3 aliphatic heterocycles. The van der Waals surface area contributed by atoms with Crippen LogP contribution >= 0.6 is 0 Å². The number of carbonyl (C=O) groups excluding carboxylic acids is 10. The Bertz CT molecular complexity index is 2720. The molecule has 20 N–H and O–H groups in total. The lowest BCUT2D eigenvalue weighted by molar-refractivity contribution is -0.272. The van der Waals surface area contributed by atoms with Gasteiger partial charge in [0.1, 0.15) is 85.1 Å². The molecule has 3 aliphatic rings. The van der Waals surface area contributed by atoms with Crippen LogP contribution in [0, 0.1) is 0 Å². The summed E-state index contributed by atoms with van der Waals surface area (Å²) in [6, 6.07) is -5.32. The first-order chi connectivity index (χ1) is 53.2. The molecule has 40 nitrogen and oxygen atoms in total. The van der Waals surface area contributed by atoms with Crippen molar-refractivity contribution in [1.82, 2.24) is 58.5 Å². The second-order valence-corrected chi connectivity index (χ2v) is 27.2. The van der Waals surface area contributed by atoms with Crippen molar-refractivity contribution in [2.24, 2.45) is 0 Å². The monoisotopic (exact) mass is 1600 g/mol. The second-order valence-electron chi connectivity index (χ2n) is 27.2. The van der Waals surface area contributed by atoms with E-state index in [-0.39, 0.29) is 186 Å². The summed E-state index contributed by atoms with van der Waals surface area (Å²) in [7, 11) is 1.62. The molecule has 0 aromatic rings. The highest BCUT2D eigenvalue weighted by molar-refractivity contribution is 5.92. The van der Waals surface area contributed by atoms with Gasteiger partial charge in [-0.05, 0) is 77.6 Å². The van der Waals surface area contributed by atoms with Crippen molar-refractivity contribution in [3.63, 3.8) is 0 Å². The molecule has 0 saturated carbocycles. The van der Waals surface area contributed by atoms with Gasteiger partial charge in [-0.3, -0.25) is 47.9 Å². The minimum atomic E-state index is -1.49. The van der Waals surface area contributed by atoms with Crippen LogP contribution in [0.2, 0.25) is 0 Å². The molecule has 3 heterocycles. The molecule has 3 rings (SSSR count). The van der Waals surface area contributed by atoms with Gasteiger partial charge in [-0.15, -0.1) is 0 Å². The minimum Gasteiger partial charge on any atom is -0.394 e. The molecule has 0 bridgehead atoms. The summed E-state index contributed by atoms with van der Waals surface area (Å²) < 4.78 is 55.3. The normalized spacial score (nSPS) is 24.2. The van der Waals surface area contributed by atoms with Crippen LogP contribution in [0.4, 0.5) is 0 Å². The Labute approximate surface area is 648 Å². The van der Waals surface area contributed by atoms with Crippen LogP contribution < -0.4 is 58.5 Å². The molecule has 640 valence electrons. The molecular formula is C71H127N11O29. The summed E-state index contributed by atoms with van der Waals surface area (Å²) in [6.07, 6.45) is -9.96. The van der Waals surface area contributed by atoms with Gasteiger partial charge in [0.2, 0.25) is 59.1 Å². The Balaban J connectivity index is 1.50. The minimum absolute atomic E-state index is 0.000144. The van der Waals surface area contributed by atoms with Crippen LogP contribution in [0.5, 0.6) is 0 Å². The van der Waals surface area contributed by atoms with Crippen molar-refractivity contribution in [2.75, 3.05) is 132 Å². The first kappa shape index (κ1) is 98.7. The zero-order valence-corrected chi connectivity index (χ0v) is 64.6. The fraction of sp³-hybridized carbons (Fsp3) is 0.831. The second kappa shape index (κ2) is 58.3. The topological polar surface area (TPSA) is 577 Å². The number of hydrogen-bond acceptors (Lipinski definition) is 30. The zero-order valence-electron chi connectivity index (χ0n) is 64.6. The number of rotatable bonds is 61. The van der Waals surface area contributed by atoms with E-state index >= 15 is 0 Å². The number of aliphatic hydroxyl groups is 9. The maximum Gasteiger partial charge on any atom is 0.243 e. The molecule has 10 amide bonds. The van der Waals surface area contributed by atoms with Crippen molar-refractivity contribution in [1.29, 1.82) is 0 Å². The number of carbonyl (C=O) groups is 10. The Morgan fingerprint density at radius 2 is 0.676 bits per heavy atom.